The number of nitrogens with one attached hydrogen (secondary N) is 1. The summed E-state index contributed by atoms with van der Waals surface area (Å²) in [6, 6.07) is 14.7. The molecule has 0 spiro atoms. The van der Waals surface area contributed by atoms with Gasteiger partial charge in [-0.1, -0.05) is 46.3 Å². The van der Waals surface area contributed by atoms with Crippen LogP contribution in [0.1, 0.15) is 24.0 Å². The molecule has 2 aromatic carbocycles. The topological polar surface area (TPSA) is 58.6 Å². The predicted octanol–water partition coefficient (Wildman–Crippen LogP) is 4.50. The van der Waals surface area contributed by atoms with Crippen molar-refractivity contribution in [2.45, 2.75) is 32.4 Å². The summed E-state index contributed by atoms with van der Waals surface area (Å²) < 4.78 is 6.34. The zero-order valence-corrected chi connectivity index (χ0v) is 16.2. The summed E-state index contributed by atoms with van der Waals surface area (Å²) in [5.74, 6) is -0.176. The summed E-state index contributed by atoms with van der Waals surface area (Å²) in [5.41, 5.74) is 2.64. The van der Waals surface area contributed by atoms with E-state index in [2.05, 4.69) is 21.2 Å². The number of benzene rings is 2. The van der Waals surface area contributed by atoms with Crippen LogP contribution in [0.25, 0.3) is 0 Å². The molecule has 0 unspecified atom stereocenters. The molecule has 0 aromatic heterocycles. The Kier molecular flexibility index (Phi) is 5.93. The van der Waals surface area contributed by atoms with E-state index >= 15 is 0 Å². The summed E-state index contributed by atoms with van der Waals surface area (Å²) >= 11 is 3.41. The molecule has 1 aliphatic heterocycles. The van der Waals surface area contributed by atoms with Gasteiger partial charge in [0, 0.05) is 16.7 Å². The first-order chi connectivity index (χ1) is 12.5. The van der Waals surface area contributed by atoms with E-state index in [9.17, 15) is 9.59 Å². The van der Waals surface area contributed by atoms with Crippen LogP contribution in [0.15, 0.2) is 53.0 Å². The zero-order chi connectivity index (χ0) is 18.5. The predicted molar refractivity (Wildman–Crippen MR) is 104 cm³/mol. The molecule has 0 bridgehead atoms. The molecule has 26 heavy (non-hydrogen) atoms. The molecule has 3 rings (SSSR count). The number of likely N-dealkylation sites (tertiary alicyclic amines) is 1. The maximum absolute atomic E-state index is 12.7. The Hall–Kier alpha value is -2.34. The minimum absolute atomic E-state index is 0.176. The number of halogens is 1. The molecule has 1 atom stereocenters. The van der Waals surface area contributed by atoms with Crippen LogP contribution in [0, 0.1) is 6.92 Å². The Labute approximate surface area is 161 Å². The van der Waals surface area contributed by atoms with Crippen molar-refractivity contribution in [1.29, 1.82) is 0 Å². The van der Waals surface area contributed by atoms with Crippen LogP contribution < -0.4 is 5.32 Å². The molecule has 2 aromatic rings. The van der Waals surface area contributed by atoms with Gasteiger partial charge in [-0.15, -0.1) is 0 Å². The minimum Gasteiger partial charge on any atom is -0.445 e. The van der Waals surface area contributed by atoms with E-state index in [1.807, 2.05) is 55.5 Å². The van der Waals surface area contributed by atoms with Crippen molar-refractivity contribution in [2.24, 2.45) is 0 Å². The molecule has 0 radical (unpaired) electrons. The van der Waals surface area contributed by atoms with Crippen molar-refractivity contribution in [3.8, 4) is 0 Å². The molecule has 1 fully saturated rings. The van der Waals surface area contributed by atoms with Gasteiger partial charge in [-0.3, -0.25) is 9.69 Å². The zero-order valence-electron chi connectivity index (χ0n) is 14.6. The summed E-state index contributed by atoms with van der Waals surface area (Å²) in [4.78, 5) is 26.6. The fraction of sp³-hybridized carbons (Fsp3) is 0.300. The second kappa shape index (κ2) is 8.36. The maximum atomic E-state index is 12.7. The first-order valence-electron chi connectivity index (χ1n) is 8.59. The van der Waals surface area contributed by atoms with Crippen LogP contribution in [0.4, 0.5) is 10.5 Å². The number of rotatable bonds is 4. The number of hydrogen-bond donors (Lipinski definition) is 1. The molecule has 0 saturated carbocycles. The smallest absolute Gasteiger partial charge is 0.410 e. The van der Waals surface area contributed by atoms with E-state index in [1.165, 1.54) is 4.90 Å². The van der Waals surface area contributed by atoms with E-state index in [0.29, 0.717) is 13.0 Å². The van der Waals surface area contributed by atoms with Crippen LogP contribution in [0.3, 0.4) is 0 Å². The van der Waals surface area contributed by atoms with Gasteiger partial charge in [-0.25, -0.2) is 4.79 Å². The van der Waals surface area contributed by atoms with Crippen molar-refractivity contribution in [3.05, 3.63) is 64.1 Å². The van der Waals surface area contributed by atoms with Crippen LogP contribution in [-0.4, -0.2) is 29.5 Å². The van der Waals surface area contributed by atoms with Gasteiger partial charge in [-0.2, -0.15) is 0 Å². The number of hydrogen-bond acceptors (Lipinski definition) is 3. The lowest BCUT2D eigenvalue weighted by atomic mass is 10.1. The molecular formula is C20H21BrN2O3. The third-order valence-electron chi connectivity index (χ3n) is 4.44. The Morgan fingerprint density at radius 2 is 2.00 bits per heavy atom. The Bertz CT molecular complexity index is 795. The fourth-order valence-corrected chi connectivity index (χ4v) is 3.52. The molecule has 2 amide bonds. The number of aryl methyl sites for hydroxylation is 1. The average Bonchev–Trinajstić information content (AvgIpc) is 3.13. The first kappa shape index (κ1) is 18.5. The number of amides is 2. The average molecular weight is 417 g/mol. The van der Waals surface area contributed by atoms with E-state index < -0.39 is 12.1 Å². The molecule has 5 nitrogen and oxygen atoms in total. The normalized spacial score (nSPS) is 16.4. The molecule has 6 heteroatoms. The largest absolute Gasteiger partial charge is 0.445 e. The highest BCUT2D eigenvalue weighted by atomic mass is 79.9. The number of carbonyl (C=O) groups is 2. The number of ether oxygens (including phenoxy) is 1. The van der Waals surface area contributed by atoms with Gasteiger partial charge in [-0.05, 0) is 49.1 Å². The highest BCUT2D eigenvalue weighted by molar-refractivity contribution is 9.10. The SMILES string of the molecule is Cc1cc(Br)ccc1NC(=O)[C@H]1CCCN1C(=O)OCc1ccccc1. The van der Waals surface area contributed by atoms with Gasteiger partial charge in [0.2, 0.25) is 5.91 Å². The third-order valence-corrected chi connectivity index (χ3v) is 4.93. The van der Waals surface area contributed by atoms with Crippen LogP contribution in [0.5, 0.6) is 0 Å². The summed E-state index contributed by atoms with van der Waals surface area (Å²) in [6.45, 7) is 2.67. The van der Waals surface area contributed by atoms with Gasteiger partial charge >= 0.3 is 6.09 Å². The maximum Gasteiger partial charge on any atom is 0.410 e. The number of nitrogens with zero attached hydrogens (tertiary/aromatic N) is 1. The van der Waals surface area contributed by atoms with Crippen LogP contribution in [-0.2, 0) is 16.1 Å². The molecular weight excluding hydrogens is 396 g/mol. The highest BCUT2D eigenvalue weighted by Crippen LogP contribution is 2.23. The third kappa shape index (κ3) is 4.43. The Morgan fingerprint density at radius 1 is 1.23 bits per heavy atom. The Morgan fingerprint density at radius 3 is 2.73 bits per heavy atom. The van der Waals surface area contributed by atoms with Gasteiger partial charge in [0.05, 0.1) is 0 Å². The Balaban J connectivity index is 1.61. The standard InChI is InChI=1S/C20H21BrN2O3/c1-14-12-16(21)9-10-17(14)22-19(24)18-8-5-11-23(18)20(25)26-13-15-6-3-2-4-7-15/h2-4,6-7,9-10,12,18H,5,8,11,13H2,1H3,(H,22,24)/t18-/m1/s1. The second-order valence-corrected chi connectivity index (χ2v) is 7.26. The molecule has 1 N–H and O–H groups in total. The summed E-state index contributed by atoms with van der Waals surface area (Å²) in [7, 11) is 0. The highest BCUT2D eigenvalue weighted by Gasteiger charge is 2.35. The van der Waals surface area contributed by atoms with Crippen LogP contribution >= 0.6 is 15.9 Å². The van der Waals surface area contributed by atoms with E-state index in [-0.39, 0.29) is 12.5 Å². The minimum atomic E-state index is -0.499. The van der Waals surface area contributed by atoms with Crippen molar-refractivity contribution in [3.63, 3.8) is 0 Å². The van der Waals surface area contributed by atoms with E-state index in [0.717, 1.165) is 27.7 Å². The van der Waals surface area contributed by atoms with E-state index in [1.54, 1.807) is 0 Å². The molecule has 1 saturated heterocycles. The van der Waals surface area contributed by atoms with E-state index in [4.69, 9.17) is 4.74 Å². The fourth-order valence-electron chi connectivity index (χ4n) is 3.04. The lowest BCUT2D eigenvalue weighted by Crippen LogP contribution is -2.43. The van der Waals surface area contributed by atoms with Crippen molar-refractivity contribution < 1.29 is 14.3 Å². The number of anilines is 1. The lowest BCUT2D eigenvalue weighted by molar-refractivity contribution is -0.120. The quantitative estimate of drug-likeness (QED) is 0.797. The molecule has 1 heterocycles. The van der Waals surface area contributed by atoms with Crippen molar-refractivity contribution in [2.75, 3.05) is 11.9 Å². The number of carbonyl (C=O) groups excluding carboxylic acids is 2. The van der Waals surface area contributed by atoms with Crippen molar-refractivity contribution in [1.82, 2.24) is 4.90 Å². The van der Waals surface area contributed by atoms with Crippen LogP contribution in [0.2, 0.25) is 0 Å². The monoisotopic (exact) mass is 416 g/mol. The lowest BCUT2D eigenvalue weighted by Gasteiger charge is -2.23. The molecule has 0 aliphatic carbocycles. The summed E-state index contributed by atoms with van der Waals surface area (Å²) in [6.07, 6.45) is 0.985. The van der Waals surface area contributed by atoms with Gasteiger partial charge in [0.25, 0.3) is 0 Å². The molecule has 136 valence electrons. The van der Waals surface area contributed by atoms with Gasteiger partial charge in [0.1, 0.15) is 12.6 Å². The van der Waals surface area contributed by atoms with Crippen molar-refractivity contribution >= 4 is 33.6 Å². The summed E-state index contributed by atoms with van der Waals surface area (Å²) in [5, 5.41) is 2.93. The first-order valence-corrected chi connectivity index (χ1v) is 9.38. The second-order valence-electron chi connectivity index (χ2n) is 6.34. The van der Waals surface area contributed by atoms with Gasteiger partial charge in [0.15, 0.2) is 0 Å². The van der Waals surface area contributed by atoms with Gasteiger partial charge < -0.3 is 10.1 Å². The molecule has 1 aliphatic rings.